The molecule has 0 saturated carbocycles. The third-order valence-corrected chi connectivity index (χ3v) is 8.98. The normalized spacial score (nSPS) is 17.6. The van der Waals surface area contributed by atoms with Gasteiger partial charge >= 0.3 is 0 Å². The molecule has 2 aliphatic heterocycles. The van der Waals surface area contributed by atoms with Crippen molar-refractivity contribution in [1.29, 1.82) is 0 Å². The number of benzene rings is 1. The molecule has 9 nitrogen and oxygen atoms in total. The lowest BCUT2D eigenvalue weighted by molar-refractivity contribution is -0.135. The molecule has 4 rings (SSSR count). The van der Waals surface area contributed by atoms with Crippen LogP contribution in [0.2, 0.25) is 0 Å². The number of nitrogens with one attached hydrogen (secondary N) is 1. The Morgan fingerprint density at radius 2 is 1.65 bits per heavy atom. The summed E-state index contributed by atoms with van der Waals surface area (Å²) in [5.74, 6) is -0.220. The molecule has 0 spiro atoms. The average molecular weight is 489 g/mol. The Bertz CT molecular complexity index is 1240. The third-order valence-electron chi connectivity index (χ3n) is 6.94. The summed E-state index contributed by atoms with van der Waals surface area (Å²) in [7, 11) is -3.72. The molecule has 2 aliphatic rings. The molecular formula is C24H32N4O5S. The molecule has 3 heterocycles. The number of aromatic nitrogens is 1. The van der Waals surface area contributed by atoms with Gasteiger partial charge in [0.25, 0.3) is 5.91 Å². The number of sulfonamides is 1. The zero-order chi connectivity index (χ0) is 24.5. The zero-order valence-corrected chi connectivity index (χ0v) is 20.6. The number of aromatic amines is 1. The number of nitrogens with zero attached hydrogens (tertiary/aromatic N) is 3. The van der Waals surface area contributed by atoms with Crippen LogP contribution in [-0.4, -0.2) is 78.6 Å². The predicted molar refractivity (Wildman–Crippen MR) is 129 cm³/mol. The molecule has 2 saturated heterocycles. The number of rotatable bonds is 6. The van der Waals surface area contributed by atoms with Gasteiger partial charge in [-0.25, -0.2) is 8.42 Å². The predicted octanol–water partition coefficient (Wildman–Crippen LogP) is 2.03. The molecule has 2 fully saturated rings. The lowest BCUT2D eigenvalue weighted by Crippen LogP contribution is -2.44. The summed E-state index contributed by atoms with van der Waals surface area (Å²) in [6.07, 6.45) is 3.27. The van der Waals surface area contributed by atoms with E-state index < -0.39 is 15.6 Å². The molecule has 2 aromatic rings. The van der Waals surface area contributed by atoms with Crippen LogP contribution in [-0.2, 0) is 14.8 Å². The molecule has 0 bridgehead atoms. The number of hydrogen-bond acceptors (Lipinski definition) is 5. The van der Waals surface area contributed by atoms with E-state index in [-0.39, 0.29) is 28.2 Å². The molecule has 1 N–H and O–H groups in total. The fourth-order valence-corrected chi connectivity index (χ4v) is 6.46. The van der Waals surface area contributed by atoms with Crippen molar-refractivity contribution < 1.29 is 18.0 Å². The van der Waals surface area contributed by atoms with E-state index in [1.54, 1.807) is 18.7 Å². The average Bonchev–Trinajstić information content (AvgIpc) is 3.38. The third kappa shape index (κ3) is 4.61. The second-order valence-electron chi connectivity index (χ2n) is 8.94. The Morgan fingerprint density at radius 1 is 1.00 bits per heavy atom. The number of piperidine rings is 1. The summed E-state index contributed by atoms with van der Waals surface area (Å²) in [4.78, 5) is 44.8. The van der Waals surface area contributed by atoms with Gasteiger partial charge in [0, 0.05) is 62.2 Å². The molecule has 0 unspecified atom stereocenters. The Balaban J connectivity index is 1.60. The summed E-state index contributed by atoms with van der Waals surface area (Å²) in [5, 5.41) is 0.396. The molecule has 2 amide bonds. The van der Waals surface area contributed by atoms with E-state index in [2.05, 4.69) is 4.98 Å². The monoisotopic (exact) mass is 488 g/mol. The first-order valence-electron chi connectivity index (χ1n) is 12.0. The first-order chi connectivity index (χ1) is 16.3. The Labute approximate surface area is 199 Å². The van der Waals surface area contributed by atoms with Gasteiger partial charge in [-0.2, -0.15) is 4.31 Å². The van der Waals surface area contributed by atoms with Crippen molar-refractivity contribution >= 4 is 32.7 Å². The summed E-state index contributed by atoms with van der Waals surface area (Å²) >= 11 is 0. The zero-order valence-electron chi connectivity index (χ0n) is 19.7. The maximum absolute atomic E-state index is 13.4. The van der Waals surface area contributed by atoms with E-state index in [9.17, 15) is 22.8 Å². The standard InChI is InChI=1S/C24H32N4O5S/c1-3-28(4-2)34(32,33)18-7-8-21-19(15-18)20(16-22(29)25-21)24(31)27-13-9-17(10-14-27)23(30)26-11-5-6-12-26/h7-8,15-17H,3-6,9-14H2,1-2H3,(H,25,29). The van der Waals surface area contributed by atoms with Gasteiger partial charge in [-0.1, -0.05) is 13.8 Å². The molecule has 34 heavy (non-hydrogen) atoms. The van der Waals surface area contributed by atoms with Gasteiger partial charge in [-0.3, -0.25) is 14.4 Å². The largest absolute Gasteiger partial charge is 0.342 e. The van der Waals surface area contributed by atoms with E-state index in [0.717, 1.165) is 25.9 Å². The first kappa shape index (κ1) is 24.4. The van der Waals surface area contributed by atoms with E-state index in [0.29, 0.717) is 49.9 Å². The van der Waals surface area contributed by atoms with Crippen LogP contribution in [0.5, 0.6) is 0 Å². The fourth-order valence-electron chi connectivity index (χ4n) is 4.98. The van der Waals surface area contributed by atoms with Crippen molar-refractivity contribution in [2.75, 3.05) is 39.3 Å². The summed E-state index contributed by atoms with van der Waals surface area (Å²) in [6.45, 7) is 6.69. The van der Waals surface area contributed by atoms with Gasteiger partial charge in [0.05, 0.1) is 10.5 Å². The number of carbonyl (C=O) groups excluding carboxylic acids is 2. The van der Waals surface area contributed by atoms with Crippen LogP contribution in [0.3, 0.4) is 0 Å². The number of amides is 2. The highest BCUT2D eigenvalue weighted by Gasteiger charge is 2.32. The second-order valence-corrected chi connectivity index (χ2v) is 10.9. The Kier molecular flexibility index (Phi) is 7.09. The second kappa shape index (κ2) is 9.87. The van der Waals surface area contributed by atoms with Crippen LogP contribution in [0.25, 0.3) is 10.9 Å². The van der Waals surface area contributed by atoms with Gasteiger partial charge in [0.1, 0.15) is 0 Å². The van der Waals surface area contributed by atoms with Gasteiger partial charge in [0.2, 0.25) is 21.5 Å². The minimum atomic E-state index is -3.72. The van der Waals surface area contributed by atoms with Crippen LogP contribution in [0.15, 0.2) is 34.0 Å². The van der Waals surface area contributed by atoms with E-state index in [1.807, 2.05) is 4.90 Å². The maximum atomic E-state index is 13.4. The molecule has 0 atom stereocenters. The van der Waals surface area contributed by atoms with Crippen molar-refractivity contribution in [2.45, 2.75) is 44.4 Å². The molecule has 10 heteroatoms. The Hall–Kier alpha value is -2.72. The molecule has 0 aliphatic carbocycles. The lowest BCUT2D eigenvalue weighted by Gasteiger charge is -2.33. The number of likely N-dealkylation sites (tertiary alicyclic amines) is 2. The quantitative estimate of drug-likeness (QED) is 0.669. The molecular weight excluding hydrogens is 456 g/mol. The molecule has 1 aromatic carbocycles. The maximum Gasteiger partial charge on any atom is 0.254 e. The van der Waals surface area contributed by atoms with E-state index >= 15 is 0 Å². The van der Waals surface area contributed by atoms with E-state index in [4.69, 9.17) is 0 Å². The minimum absolute atomic E-state index is 0.0797. The first-order valence-corrected chi connectivity index (χ1v) is 13.5. The number of pyridine rings is 1. The molecule has 184 valence electrons. The Morgan fingerprint density at radius 3 is 2.26 bits per heavy atom. The van der Waals surface area contributed by atoms with E-state index in [1.165, 1.54) is 28.6 Å². The highest BCUT2D eigenvalue weighted by molar-refractivity contribution is 7.89. The van der Waals surface area contributed by atoms with Crippen molar-refractivity contribution in [2.24, 2.45) is 5.92 Å². The fraction of sp³-hybridized carbons (Fsp3) is 0.542. The lowest BCUT2D eigenvalue weighted by atomic mass is 9.94. The van der Waals surface area contributed by atoms with Crippen LogP contribution < -0.4 is 5.56 Å². The van der Waals surface area contributed by atoms with Gasteiger partial charge in [0.15, 0.2) is 0 Å². The highest BCUT2D eigenvalue weighted by Crippen LogP contribution is 2.26. The van der Waals surface area contributed by atoms with Gasteiger partial charge in [-0.05, 0) is 43.9 Å². The summed E-state index contributed by atoms with van der Waals surface area (Å²) in [5.41, 5.74) is 0.169. The number of fused-ring (bicyclic) bond motifs is 1. The molecule has 0 radical (unpaired) electrons. The van der Waals surface area contributed by atoms with Crippen molar-refractivity contribution in [3.63, 3.8) is 0 Å². The smallest absolute Gasteiger partial charge is 0.254 e. The van der Waals surface area contributed by atoms with Crippen LogP contribution in [0, 0.1) is 5.92 Å². The van der Waals surface area contributed by atoms with Crippen molar-refractivity contribution in [3.8, 4) is 0 Å². The van der Waals surface area contributed by atoms with Gasteiger partial charge < -0.3 is 14.8 Å². The number of carbonyl (C=O) groups is 2. The van der Waals surface area contributed by atoms with Crippen LogP contribution in [0.4, 0.5) is 0 Å². The van der Waals surface area contributed by atoms with Crippen LogP contribution in [0.1, 0.15) is 49.9 Å². The summed E-state index contributed by atoms with van der Waals surface area (Å²) < 4.78 is 27.4. The number of hydrogen-bond donors (Lipinski definition) is 1. The molecule has 1 aromatic heterocycles. The van der Waals surface area contributed by atoms with Crippen molar-refractivity contribution in [1.82, 2.24) is 19.1 Å². The van der Waals surface area contributed by atoms with Gasteiger partial charge in [-0.15, -0.1) is 0 Å². The SMILES string of the molecule is CCN(CC)S(=O)(=O)c1ccc2[nH]c(=O)cc(C(=O)N3CCC(C(=O)N4CCCC4)CC3)c2c1. The topological polar surface area (TPSA) is 111 Å². The van der Waals surface area contributed by atoms with Crippen molar-refractivity contribution in [3.05, 3.63) is 40.2 Å². The summed E-state index contributed by atoms with van der Waals surface area (Å²) in [6, 6.07) is 5.69. The highest BCUT2D eigenvalue weighted by atomic mass is 32.2. The van der Waals surface area contributed by atoms with Crippen LogP contribution >= 0.6 is 0 Å². The minimum Gasteiger partial charge on any atom is -0.342 e. The number of H-pyrrole nitrogens is 1.